The number of hydrogen-bond acceptors (Lipinski definition) is 6. The fraction of sp³-hybridized carbons (Fsp3) is 0.846. The van der Waals surface area contributed by atoms with Gasteiger partial charge in [0.2, 0.25) is 17.7 Å². The number of ketones is 1. The summed E-state index contributed by atoms with van der Waals surface area (Å²) in [6, 6.07) is -0.237. The Morgan fingerprint density at radius 3 is 2.06 bits per heavy atom. The lowest BCUT2D eigenvalue weighted by molar-refractivity contribution is -0.145. The van der Waals surface area contributed by atoms with Crippen LogP contribution in [0.1, 0.15) is 94.9 Å². The Kier molecular flexibility index (Phi) is 10.0. The van der Waals surface area contributed by atoms with E-state index in [1.807, 2.05) is 41.5 Å². The molecule has 34 heavy (non-hydrogen) atoms. The Morgan fingerprint density at radius 1 is 1.03 bits per heavy atom. The average molecular weight is 498 g/mol. The molecule has 2 atom stereocenters. The second kappa shape index (κ2) is 11.1. The maximum absolute atomic E-state index is 13.2. The molecule has 0 radical (unpaired) electrons. The van der Waals surface area contributed by atoms with Crippen molar-refractivity contribution in [3.63, 3.8) is 0 Å². The van der Waals surface area contributed by atoms with Crippen molar-refractivity contribution in [3.05, 3.63) is 0 Å². The first kappa shape index (κ1) is 30.6. The molecule has 1 fully saturated rings. The first-order chi connectivity index (χ1) is 15.2. The van der Waals surface area contributed by atoms with Gasteiger partial charge in [0.1, 0.15) is 5.78 Å². The number of thioether (sulfide) groups is 1. The van der Waals surface area contributed by atoms with E-state index in [9.17, 15) is 19.2 Å². The number of likely N-dealkylation sites (N-methyl/N-ethyl adjacent to an activating group) is 1. The standard InChI is InChI=1S/C26H47N3O4S/c1-17(30)18(27-11)12-13-34-19-14-20(31)29(21(19)32)26(9,10)16-25(7,8)28-22(33)24(5,6)15-23(2,3)4/h18-19,27H,12-16H2,1-11H3,(H,28,33). The van der Waals surface area contributed by atoms with Crippen LogP contribution < -0.4 is 10.6 Å². The smallest absolute Gasteiger partial charge is 0.243 e. The summed E-state index contributed by atoms with van der Waals surface area (Å²) in [5.74, 6) is 0.293. The summed E-state index contributed by atoms with van der Waals surface area (Å²) < 4.78 is 0. The third kappa shape index (κ3) is 8.67. The number of carbonyl (C=O) groups is 4. The van der Waals surface area contributed by atoms with Crippen molar-refractivity contribution < 1.29 is 19.2 Å². The summed E-state index contributed by atoms with van der Waals surface area (Å²) >= 11 is 1.44. The van der Waals surface area contributed by atoms with Crippen molar-refractivity contribution in [3.8, 4) is 0 Å². The van der Waals surface area contributed by atoms with E-state index in [0.29, 0.717) is 18.6 Å². The molecule has 0 bridgehead atoms. The Balaban J connectivity index is 2.84. The van der Waals surface area contributed by atoms with Crippen molar-refractivity contribution in [2.45, 2.75) is 117 Å². The van der Waals surface area contributed by atoms with Crippen molar-refractivity contribution in [1.29, 1.82) is 0 Å². The molecule has 0 aromatic rings. The minimum atomic E-state index is -0.749. The number of rotatable bonds is 12. The summed E-state index contributed by atoms with van der Waals surface area (Å²) in [5, 5.41) is 5.72. The lowest BCUT2D eigenvalue weighted by atomic mass is 9.75. The number of nitrogens with one attached hydrogen (secondary N) is 2. The topological polar surface area (TPSA) is 95.6 Å². The molecular formula is C26H47N3O4S. The Hall–Kier alpha value is -1.41. The van der Waals surface area contributed by atoms with Crippen LogP contribution in [-0.2, 0) is 19.2 Å². The predicted molar refractivity (Wildman–Crippen MR) is 140 cm³/mol. The van der Waals surface area contributed by atoms with Gasteiger partial charge >= 0.3 is 0 Å². The second-order valence-electron chi connectivity index (χ2n) is 12.8. The molecule has 2 N–H and O–H groups in total. The summed E-state index contributed by atoms with van der Waals surface area (Å²) in [7, 11) is 1.75. The van der Waals surface area contributed by atoms with Crippen LogP contribution in [0.2, 0.25) is 0 Å². The van der Waals surface area contributed by atoms with Gasteiger partial charge in [-0.25, -0.2) is 0 Å². The first-order valence-corrected chi connectivity index (χ1v) is 13.3. The summed E-state index contributed by atoms with van der Waals surface area (Å²) in [6.07, 6.45) is 1.97. The molecule has 0 aromatic heterocycles. The van der Waals surface area contributed by atoms with Gasteiger partial charge in [0.05, 0.1) is 11.3 Å². The molecule has 8 heteroatoms. The van der Waals surface area contributed by atoms with Gasteiger partial charge in [0, 0.05) is 22.9 Å². The van der Waals surface area contributed by atoms with E-state index in [1.165, 1.54) is 16.7 Å². The van der Waals surface area contributed by atoms with Crippen LogP contribution >= 0.6 is 11.8 Å². The van der Waals surface area contributed by atoms with Crippen LogP contribution in [0.4, 0.5) is 0 Å². The van der Waals surface area contributed by atoms with Gasteiger partial charge in [-0.3, -0.25) is 24.1 Å². The number of likely N-dealkylation sites (tertiary alicyclic amines) is 1. The first-order valence-electron chi connectivity index (χ1n) is 12.2. The normalized spacial score (nSPS) is 18.9. The largest absolute Gasteiger partial charge is 0.351 e. The van der Waals surface area contributed by atoms with Gasteiger partial charge in [0.25, 0.3) is 0 Å². The van der Waals surface area contributed by atoms with E-state index in [2.05, 4.69) is 31.4 Å². The molecule has 196 valence electrons. The third-order valence-electron chi connectivity index (χ3n) is 6.19. The van der Waals surface area contributed by atoms with Crippen LogP contribution in [0.5, 0.6) is 0 Å². The maximum atomic E-state index is 13.2. The van der Waals surface area contributed by atoms with Crippen molar-refractivity contribution in [2.75, 3.05) is 12.8 Å². The zero-order valence-electron chi connectivity index (χ0n) is 23.2. The zero-order chi connectivity index (χ0) is 26.7. The van der Waals surface area contributed by atoms with E-state index in [1.54, 1.807) is 14.0 Å². The van der Waals surface area contributed by atoms with Gasteiger partial charge < -0.3 is 10.6 Å². The van der Waals surface area contributed by atoms with Gasteiger partial charge in [0.15, 0.2) is 0 Å². The highest BCUT2D eigenvalue weighted by atomic mass is 32.2. The molecule has 0 aliphatic carbocycles. The average Bonchev–Trinajstić information content (AvgIpc) is 2.89. The number of carbonyl (C=O) groups excluding carboxylic acids is 4. The van der Waals surface area contributed by atoms with E-state index in [0.717, 1.165) is 6.42 Å². The summed E-state index contributed by atoms with van der Waals surface area (Å²) in [5.41, 5.74) is -1.88. The molecule has 1 aliphatic heterocycles. The third-order valence-corrected chi connectivity index (χ3v) is 7.43. The van der Waals surface area contributed by atoms with E-state index >= 15 is 0 Å². The highest BCUT2D eigenvalue weighted by molar-refractivity contribution is 8.00. The minimum absolute atomic E-state index is 0.0168. The second-order valence-corrected chi connectivity index (χ2v) is 14.1. The molecule has 1 aliphatic rings. The van der Waals surface area contributed by atoms with Gasteiger partial charge in [-0.05, 0) is 72.1 Å². The molecule has 0 aromatic carbocycles. The summed E-state index contributed by atoms with van der Waals surface area (Å²) in [4.78, 5) is 52.1. The van der Waals surface area contributed by atoms with Gasteiger partial charge in [-0.15, -0.1) is 11.8 Å². The molecule has 1 saturated heterocycles. The van der Waals surface area contributed by atoms with Crippen molar-refractivity contribution in [1.82, 2.24) is 15.5 Å². The number of hydrogen-bond donors (Lipinski definition) is 2. The lowest BCUT2D eigenvalue weighted by Crippen LogP contribution is -2.57. The fourth-order valence-corrected chi connectivity index (χ4v) is 6.50. The highest BCUT2D eigenvalue weighted by Gasteiger charge is 2.48. The molecule has 0 saturated carbocycles. The molecule has 1 heterocycles. The Morgan fingerprint density at radius 2 is 1.59 bits per heavy atom. The van der Waals surface area contributed by atoms with Gasteiger partial charge in [-0.1, -0.05) is 34.6 Å². The van der Waals surface area contributed by atoms with Crippen molar-refractivity contribution >= 4 is 35.3 Å². The molecule has 2 unspecified atom stereocenters. The monoisotopic (exact) mass is 497 g/mol. The van der Waals surface area contributed by atoms with Crippen LogP contribution in [0, 0.1) is 10.8 Å². The van der Waals surface area contributed by atoms with Gasteiger partial charge in [-0.2, -0.15) is 0 Å². The van der Waals surface area contributed by atoms with Crippen LogP contribution in [0.3, 0.4) is 0 Å². The molecule has 1 rings (SSSR count). The quantitative estimate of drug-likeness (QED) is 0.397. The minimum Gasteiger partial charge on any atom is -0.351 e. The van der Waals surface area contributed by atoms with E-state index in [4.69, 9.17) is 0 Å². The SMILES string of the molecule is CNC(CCSC1CC(=O)N(C(C)(C)CC(C)(C)NC(=O)C(C)(C)CC(C)(C)C)C1=O)C(C)=O. The van der Waals surface area contributed by atoms with Crippen LogP contribution in [-0.4, -0.2) is 63.6 Å². The maximum Gasteiger partial charge on any atom is 0.243 e. The number of amides is 3. The van der Waals surface area contributed by atoms with Crippen LogP contribution in [0.25, 0.3) is 0 Å². The van der Waals surface area contributed by atoms with E-state index in [-0.39, 0.29) is 41.4 Å². The van der Waals surface area contributed by atoms with Crippen molar-refractivity contribution in [2.24, 2.45) is 10.8 Å². The Labute approximate surface area is 210 Å². The number of nitrogens with zero attached hydrogens (tertiary/aromatic N) is 1. The predicted octanol–water partition coefficient (Wildman–Crippen LogP) is 3.94. The summed E-state index contributed by atoms with van der Waals surface area (Å²) in [6.45, 7) is 19.5. The fourth-order valence-electron chi connectivity index (χ4n) is 5.34. The van der Waals surface area contributed by atoms with E-state index < -0.39 is 21.7 Å². The highest BCUT2D eigenvalue weighted by Crippen LogP contribution is 2.37. The number of Topliss-reactive ketones (excluding diaryl/α,β-unsaturated/α-hetero) is 1. The zero-order valence-corrected chi connectivity index (χ0v) is 24.0. The molecule has 7 nitrogen and oxygen atoms in total. The Bertz CT molecular complexity index is 783. The lowest BCUT2D eigenvalue weighted by Gasteiger charge is -2.42. The molecular weight excluding hydrogens is 450 g/mol. The molecule has 3 amide bonds. The molecule has 0 spiro atoms. The number of imide groups is 1. The van der Waals surface area contributed by atoms with Crippen LogP contribution in [0.15, 0.2) is 0 Å².